The van der Waals surface area contributed by atoms with Gasteiger partial charge < -0.3 is 25.0 Å². The number of rotatable bonds is 13. The summed E-state index contributed by atoms with van der Waals surface area (Å²) in [6.45, 7) is 4.82. The minimum absolute atomic E-state index is 0. The largest absolute Gasteiger partial charge is 0.493 e. The predicted octanol–water partition coefficient (Wildman–Crippen LogP) is 3.76. The van der Waals surface area contributed by atoms with Gasteiger partial charge in [0.2, 0.25) is 0 Å². The van der Waals surface area contributed by atoms with Gasteiger partial charge in [0.15, 0.2) is 17.5 Å². The maximum absolute atomic E-state index is 5.95. The van der Waals surface area contributed by atoms with Gasteiger partial charge in [-0.15, -0.1) is 24.0 Å². The Labute approximate surface area is 188 Å². The fourth-order valence-electron chi connectivity index (χ4n) is 2.73. The van der Waals surface area contributed by atoms with Gasteiger partial charge in [-0.1, -0.05) is 31.4 Å². The molecule has 0 fully saturated rings. The number of methoxy groups -OCH3 is 1. The summed E-state index contributed by atoms with van der Waals surface area (Å²) in [4.78, 5) is 6.52. The van der Waals surface area contributed by atoms with Crippen LogP contribution in [0.5, 0.6) is 11.5 Å². The number of nitrogens with one attached hydrogen (secondary N) is 2. The normalized spacial score (nSPS) is 12.3. The zero-order valence-electron chi connectivity index (χ0n) is 18.2. The molecule has 1 unspecified atom stereocenters. The number of hydrogen-bond donors (Lipinski definition) is 2. The van der Waals surface area contributed by atoms with Crippen LogP contribution in [-0.2, 0) is 0 Å². The molecule has 162 valence electrons. The molecule has 7 heteroatoms. The average molecular weight is 506 g/mol. The molecule has 1 rings (SSSR count). The lowest BCUT2D eigenvalue weighted by molar-refractivity contribution is 0.213. The van der Waals surface area contributed by atoms with Crippen molar-refractivity contribution in [1.82, 2.24) is 15.5 Å². The van der Waals surface area contributed by atoms with E-state index in [1.54, 1.807) is 14.2 Å². The highest BCUT2D eigenvalue weighted by molar-refractivity contribution is 14.0. The van der Waals surface area contributed by atoms with Crippen molar-refractivity contribution in [3.8, 4) is 11.5 Å². The molecule has 0 spiro atoms. The molecule has 2 N–H and O–H groups in total. The molecule has 0 aromatic heterocycles. The molecule has 0 saturated heterocycles. The Kier molecular flexibility index (Phi) is 16.0. The number of unbranched alkanes of at least 4 members (excludes halogenated alkanes) is 4. The SMILES string of the molecule is CN=C(NCCCCCCCN(C)C)NCC(C)Oc1ccccc1OC.I. The van der Waals surface area contributed by atoms with E-state index in [0.29, 0.717) is 6.54 Å². The molecule has 1 atom stereocenters. The highest BCUT2D eigenvalue weighted by Gasteiger charge is 2.09. The standard InChI is InChI=1S/C21H38N4O2.HI/c1-18(27-20-14-10-9-13-19(20)26-5)17-24-21(22-2)23-15-11-7-6-8-12-16-25(3)4;/h9-10,13-14,18H,6-8,11-12,15-17H2,1-5H3,(H2,22,23,24);1H. The van der Waals surface area contributed by atoms with E-state index in [4.69, 9.17) is 9.47 Å². The molecule has 1 aromatic carbocycles. The van der Waals surface area contributed by atoms with E-state index in [0.717, 1.165) is 30.4 Å². The minimum Gasteiger partial charge on any atom is -0.493 e. The minimum atomic E-state index is -0.00320. The van der Waals surface area contributed by atoms with Gasteiger partial charge in [-0.25, -0.2) is 0 Å². The Balaban J connectivity index is 0.00000729. The number of aliphatic imine (C=N–C) groups is 1. The van der Waals surface area contributed by atoms with Gasteiger partial charge in [0.25, 0.3) is 0 Å². The summed E-state index contributed by atoms with van der Waals surface area (Å²) in [5.74, 6) is 2.32. The summed E-state index contributed by atoms with van der Waals surface area (Å²) in [6.07, 6.45) is 6.31. The van der Waals surface area contributed by atoms with E-state index in [-0.39, 0.29) is 30.1 Å². The number of ether oxygens (including phenoxy) is 2. The van der Waals surface area contributed by atoms with Crippen LogP contribution < -0.4 is 20.1 Å². The molecule has 0 heterocycles. The molecule has 0 radical (unpaired) electrons. The molecule has 0 saturated carbocycles. The maximum Gasteiger partial charge on any atom is 0.191 e. The predicted molar refractivity (Wildman–Crippen MR) is 130 cm³/mol. The highest BCUT2D eigenvalue weighted by Crippen LogP contribution is 2.26. The summed E-state index contributed by atoms with van der Waals surface area (Å²) in [5.41, 5.74) is 0. The van der Waals surface area contributed by atoms with Gasteiger partial charge in [0.05, 0.1) is 13.7 Å². The van der Waals surface area contributed by atoms with Crippen LogP contribution >= 0.6 is 24.0 Å². The van der Waals surface area contributed by atoms with Crippen LogP contribution in [0.1, 0.15) is 39.0 Å². The Morgan fingerprint density at radius 2 is 1.68 bits per heavy atom. The molecule has 0 aliphatic carbocycles. The van der Waals surface area contributed by atoms with Crippen molar-refractivity contribution in [2.24, 2.45) is 4.99 Å². The van der Waals surface area contributed by atoms with E-state index < -0.39 is 0 Å². The van der Waals surface area contributed by atoms with Crippen LogP contribution in [0, 0.1) is 0 Å². The second-order valence-electron chi connectivity index (χ2n) is 7.03. The average Bonchev–Trinajstić information content (AvgIpc) is 2.66. The molecular weight excluding hydrogens is 467 g/mol. The molecule has 0 aliphatic rings. The van der Waals surface area contributed by atoms with Gasteiger partial charge >= 0.3 is 0 Å². The van der Waals surface area contributed by atoms with Crippen molar-refractivity contribution in [2.75, 3.05) is 47.9 Å². The third-order valence-corrected chi connectivity index (χ3v) is 4.25. The first kappa shape index (κ1) is 26.8. The highest BCUT2D eigenvalue weighted by atomic mass is 127. The fraction of sp³-hybridized carbons (Fsp3) is 0.667. The topological polar surface area (TPSA) is 58.1 Å². The third kappa shape index (κ3) is 12.3. The number of halogens is 1. The van der Waals surface area contributed by atoms with E-state index in [9.17, 15) is 0 Å². The van der Waals surface area contributed by atoms with Gasteiger partial charge in [-0.05, 0) is 52.5 Å². The van der Waals surface area contributed by atoms with Crippen LogP contribution in [-0.4, -0.2) is 64.9 Å². The maximum atomic E-state index is 5.95. The van der Waals surface area contributed by atoms with Crippen molar-refractivity contribution >= 4 is 29.9 Å². The van der Waals surface area contributed by atoms with Crippen molar-refractivity contribution in [3.05, 3.63) is 24.3 Å². The Bertz CT molecular complexity index is 541. The van der Waals surface area contributed by atoms with Crippen LogP contribution in [0.4, 0.5) is 0 Å². The number of hydrogen-bond acceptors (Lipinski definition) is 4. The molecule has 0 amide bonds. The Morgan fingerprint density at radius 1 is 1.04 bits per heavy atom. The molecular formula is C21H39IN4O2. The zero-order chi connectivity index (χ0) is 19.9. The Hall–Kier alpha value is -1.22. The van der Waals surface area contributed by atoms with Crippen LogP contribution in [0.2, 0.25) is 0 Å². The lowest BCUT2D eigenvalue weighted by Gasteiger charge is -2.19. The van der Waals surface area contributed by atoms with Crippen LogP contribution in [0.3, 0.4) is 0 Å². The van der Waals surface area contributed by atoms with Gasteiger partial charge in [0.1, 0.15) is 6.10 Å². The first-order valence-electron chi connectivity index (χ1n) is 9.95. The summed E-state index contributed by atoms with van der Waals surface area (Å²) < 4.78 is 11.3. The van der Waals surface area contributed by atoms with Gasteiger partial charge in [-0.2, -0.15) is 0 Å². The van der Waals surface area contributed by atoms with Crippen LogP contribution in [0.25, 0.3) is 0 Å². The molecule has 0 bridgehead atoms. The summed E-state index contributed by atoms with van der Waals surface area (Å²) in [7, 11) is 7.71. The first-order chi connectivity index (χ1) is 13.1. The van der Waals surface area contributed by atoms with Crippen molar-refractivity contribution < 1.29 is 9.47 Å². The van der Waals surface area contributed by atoms with Crippen molar-refractivity contribution in [2.45, 2.75) is 45.1 Å². The lowest BCUT2D eigenvalue weighted by Crippen LogP contribution is -2.42. The van der Waals surface area contributed by atoms with E-state index in [1.165, 1.54) is 32.2 Å². The van der Waals surface area contributed by atoms with Gasteiger partial charge in [-0.3, -0.25) is 4.99 Å². The second-order valence-corrected chi connectivity index (χ2v) is 7.03. The number of benzene rings is 1. The second kappa shape index (κ2) is 16.7. The van der Waals surface area contributed by atoms with Gasteiger partial charge in [0, 0.05) is 13.6 Å². The summed E-state index contributed by atoms with van der Waals surface area (Å²) in [5, 5.41) is 6.69. The number of nitrogens with zero attached hydrogens (tertiary/aromatic N) is 2. The van der Waals surface area contributed by atoms with Crippen LogP contribution in [0.15, 0.2) is 29.3 Å². The number of guanidine groups is 1. The van der Waals surface area contributed by atoms with E-state index >= 15 is 0 Å². The van der Waals surface area contributed by atoms with E-state index in [1.807, 2.05) is 31.2 Å². The van der Waals surface area contributed by atoms with Crippen molar-refractivity contribution in [3.63, 3.8) is 0 Å². The summed E-state index contributed by atoms with van der Waals surface area (Å²) in [6, 6.07) is 7.69. The first-order valence-corrected chi connectivity index (χ1v) is 9.95. The summed E-state index contributed by atoms with van der Waals surface area (Å²) >= 11 is 0. The Morgan fingerprint density at radius 3 is 2.32 bits per heavy atom. The third-order valence-electron chi connectivity index (χ3n) is 4.25. The molecule has 1 aromatic rings. The smallest absolute Gasteiger partial charge is 0.191 e. The molecule has 6 nitrogen and oxygen atoms in total. The van der Waals surface area contributed by atoms with Crippen molar-refractivity contribution in [1.29, 1.82) is 0 Å². The lowest BCUT2D eigenvalue weighted by atomic mass is 10.1. The fourth-order valence-corrected chi connectivity index (χ4v) is 2.73. The molecule has 28 heavy (non-hydrogen) atoms. The van der Waals surface area contributed by atoms with E-state index in [2.05, 4.69) is 34.6 Å². The monoisotopic (exact) mass is 506 g/mol. The zero-order valence-corrected chi connectivity index (χ0v) is 20.5. The molecule has 0 aliphatic heterocycles. The quantitative estimate of drug-likeness (QED) is 0.185. The number of para-hydroxylation sites is 2.